The first-order valence-corrected chi connectivity index (χ1v) is 11.6. The van der Waals surface area contributed by atoms with Gasteiger partial charge < -0.3 is 15.4 Å². The highest BCUT2D eigenvalue weighted by Crippen LogP contribution is 2.27. The predicted octanol–water partition coefficient (Wildman–Crippen LogP) is 3.95. The van der Waals surface area contributed by atoms with E-state index in [1.54, 1.807) is 0 Å². The van der Waals surface area contributed by atoms with Crippen molar-refractivity contribution >= 4 is 23.2 Å². The number of thiazole rings is 1. The van der Waals surface area contributed by atoms with Crippen LogP contribution in [0.5, 0.6) is 5.75 Å². The van der Waals surface area contributed by atoms with Crippen LogP contribution < -0.4 is 15.4 Å². The maximum absolute atomic E-state index is 12.5. The van der Waals surface area contributed by atoms with Gasteiger partial charge in [-0.05, 0) is 64.3 Å². The molecule has 0 radical (unpaired) electrons. The quantitative estimate of drug-likeness (QED) is 0.666. The van der Waals surface area contributed by atoms with Crippen molar-refractivity contribution < 1.29 is 14.3 Å². The summed E-state index contributed by atoms with van der Waals surface area (Å²) in [5.41, 5.74) is 1.78. The molecule has 1 heterocycles. The molecule has 0 spiro atoms. The average molecular weight is 430 g/mol. The van der Waals surface area contributed by atoms with E-state index >= 15 is 0 Å². The van der Waals surface area contributed by atoms with Crippen LogP contribution in [-0.2, 0) is 16.0 Å². The largest absolute Gasteiger partial charge is 0.494 e. The number of nitrogens with one attached hydrogen (secondary N) is 2. The van der Waals surface area contributed by atoms with Gasteiger partial charge in [-0.3, -0.25) is 9.59 Å². The van der Waals surface area contributed by atoms with E-state index in [4.69, 9.17) is 4.74 Å². The molecular weight excluding hydrogens is 398 g/mol. The number of benzene rings is 1. The Balaban J connectivity index is 1.52. The summed E-state index contributed by atoms with van der Waals surface area (Å²) in [6.07, 6.45) is 3.74. The first kappa shape index (κ1) is 22.3. The molecule has 3 rings (SSSR count). The van der Waals surface area contributed by atoms with Crippen LogP contribution in [0, 0.1) is 5.92 Å². The second-order valence-corrected chi connectivity index (χ2v) is 8.93. The van der Waals surface area contributed by atoms with Crippen molar-refractivity contribution in [3.05, 3.63) is 35.3 Å². The Labute approximate surface area is 182 Å². The molecule has 1 saturated carbocycles. The van der Waals surface area contributed by atoms with E-state index in [9.17, 15) is 9.59 Å². The van der Waals surface area contributed by atoms with Crippen LogP contribution in [-0.4, -0.2) is 35.5 Å². The molecule has 7 heteroatoms. The van der Waals surface area contributed by atoms with Gasteiger partial charge in [0.2, 0.25) is 11.8 Å². The number of ether oxygens (including phenoxy) is 1. The van der Waals surface area contributed by atoms with Gasteiger partial charge in [0.1, 0.15) is 10.8 Å². The lowest BCUT2D eigenvalue weighted by Gasteiger charge is -2.29. The van der Waals surface area contributed by atoms with Crippen molar-refractivity contribution in [3.63, 3.8) is 0 Å². The molecule has 1 aromatic carbocycles. The first-order chi connectivity index (χ1) is 14.4. The summed E-state index contributed by atoms with van der Waals surface area (Å²) in [4.78, 5) is 29.4. The van der Waals surface area contributed by atoms with Crippen molar-refractivity contribution in [2.24, 2.45) is 5.92 Å². The number of carbonyl (C=O) groups excluding carboxylic acids is 2. The number of hydrogen-bond acceptors (Lipinski definition) is 5. The second-order valence-electron chi connectivity index (χ2n) is 8.07. The van der Waals surface area contributed by atoms with Crippen LogP contribution in [0.4, 0.5) is 0 Å². The summed E-state index contributed by atoms with van der Waals surface area (Å²) in [5, 5.41) is 8.92. The fourth-order valence-electron chi connectivity index (χ4n) is 3.79. The lowest BCUT2D eigenvalue weighted by Crippen LogP contribution is -2.44. The maximum atomic E-state index is 12.5. The molecule has 30 heavy (non-hydrogen) atoms. The maximum Gasteiger partial charge on any atom is 0.226 e. The van der Waals surface area contributed by atoms with E-state index in [2.05, 4.69) is 15.6 Å². The molecule has 1 fully saturated rings. The zero-order valence-corrected chi connectivity index (χ0v) is 18.8. The van der Waals surface area contributed by atoms with Crippen LogP contribution in [0.3, 0.4) is 0 Å². The molecule has 1 aliphatic carbocycles. The SMILES string of the molecule is CCOc1ccc(-c2nc(CC(=O)NC3CCCC(C(=O)NC(C)C)C3)cs2)cc1. The molecule has 0 bridgehead atoms. The molecule has 2 N–H and O–H groups in total. The number of amides is 2. The highest BCUT2D eigenvalue weighted by Gasteiger charge is 2.28. The third-order valence-corrected chi connectivity index (χ3v) is 6.09. The minimum absolute atomic E-state index is 0.0167. The summed E-state index contributed by atoms with van der Waals surface area (Å²) in [7, 11) is 0. The number of aromatic nitrogens is 1. The van der Waals surface area contributed by atoms with Gasteiger partial charge in [-0.25, -0.2) is 4.98 Å². The number of nitrogens with zero attached hydrogens (tertiary/aromatic N) is 1. The molecule has 2 aromatic rings. The van der Waals surface area contributed by atoms with Gasteiger partial charge in [0.05, 0.1) is 18.7 Å². The van der Waals surface area contributed by atoms with Gasteiger partial charge in [0.25, 0.3) is 0 Å². The van der Waals surface area contributed by atoms with E-state index in [1.165, 1.54) is 11.3 Å². The van der Waals surface area contributed by atoms with Gasteiger partial charge >= 0.3 is 0 Å². The van der Waals surface area contributed by atoms with Gasteiger partial charge in [-0.1, -0.05) is 6.42 Å². The van der Waals surface area contributed by atoms with Crippen LogP contribution in [0.2, 0.25) is 0 Å². The number of carbonyl (C=O) groups is 2. The molecule has 162 valence electrons. The molecule has 2 amide bonds. The smallest absolute Gasteiger partial charge is 0.226 e. The fraction of sp³-hybridized carbons (Fsp3) is 0.522. The predicted molar refractivity (Wildman–Crippen MR) is 120 cm³/mol. The summed E-state index contributed by atoms with van der Waals surface area (Å²) in [6, 6.07) is 8.03. The van der Waals surface area contributed by atoms with Crippen molar-refractivity contribution in [2.75, 3.05) is 6.61 Å². The molecule has 0 saturated heterocycles. The summed E-state index contributed by atoms with van der Waals surface area (Å²) in [6.45, 7) is 6.53. The zero-order valence-electron chi connectivity index (χ0n) is 17.9. The molecule has 6 nitrogen and oxygen atoms in total. The Morgan fingerprint density at radius 3 is 2.70 bits per heavy atom. The van der Waals surface area contributed by atoms with Gasteiger partial charge in [0.15, 0.2) is 0 Å². The third-order valence-electron chi connectivity index (χ3n) is 5.15. The summed E-state index contributed by atoms with van der Waals surface area (Å²) in [5.74, 6) is 0.888. The highest BCUT2D eigenvalue weighted by atomic mass is 32.1. The highest BCUT2D eigenvalue weighted by molar-refractivity contribution is 7.13. The van der Waals surface area contributed by atoms with E-state index < -0.39 is 0 Å². The van der Waals surface area contributed by atoms with E-state index in [0.717, 1.165) is 41.3 Å². The minimum Gasteiger partial charge on any atom is -0.494 e. The van der Waals surface area contributed by atoms with E-state index in [-0.39, 0.29) is 36.2 Å². The average Bonchev–Trinajstić information content (AvgIpc) is 3.16. The molecule has 2 unspecified atom stereocenters. The van der Waals surface area contributed by atoms with Crippen molar-refractivity contribution in [1.29, 1.82) is 0 Å². The lowest BCUT2D eigenvalue weighted by molar-refractivity contribution is -0.128. The Hall–Kier alpha value is -2.41. The molecule has 0 aliphatic heterocycles. The molecule has 1 aliphatic rings. The lowest BCUT2D eigenvalue weighted by atomic mass is 9.85. The summed E-state index contributed by atoms with van der Waals surface area (Å²) < 4.78 is 5.47. The van der Waals surface area contributed by atoms with Crippen LogP contribution in [0.1, 0.15) is 52.1 Å². The topological polar surface area (TPSA) is 80.3 Å². The molecule has 1 aromatic heterocycles. The summed E-state index contributed by atoms with van der Waals surface area (Å²) >= 11 is 1.54. The zero-order chi connectivity index (χ0) is 21.5. The second kappa shape index (κ2) is 10.6. The van der Waals surface area contributed by atoms with Gasteiger partial charge in [0, 0.05) is 28.9 Å². The van der Waals surface area contributed by atoms with E-state index in [1.807, 2.05) is 50.4 Å². The van der Waals surface area contributed by atoms with Crippen molar-refractivity contribution in [1.82, 2.24) is 15.6 Å². The third kappa shape index (κ3) is 6.29. The monoisotopic (exact) mass is 429 g/mol. The number of hydrogen-bond donors (Lipinski definition) is 2. The van der Waals surface area contributed by atoms with Crippen LogP contribution >= 0.6 is 11.3 Å². The fourth-order valence-corrected chi connectivity index (χ4v) is 4.61. The van der Waals surface area contributed by atoms with Crippen LogP contribution in [0.25, 0.3) is 10.6 Å². The minimum atomic E-state index is -0.0338. The standard InChI is InChI=1S/C23H31N3O3S/c1-4-29-20-10-8-16(9-11-20)23-26-19(14-30-23)13-21(27)25-18-7-5-6-17(12-18)22(28)24-15(2)3/h8-11,14-15,17-18H,4-7,12-13H2,1-3H3,(H,24,28)(H,25,27). The number of rotatable bonds is 8. The van der Waals surface area contributed by atoms with Crippen molar-refractivity contribution in [3.8, 4) is 16.3 Å². The molecular formula is C23H31N3O3S. The Kier molecular flexibility index (Phi) is 7.85. The van der Waals surface area contributed by atoms with Gasteiger partial charge in [-0.2, -0.15) is 0 Å². The Morgan fingerprint density at radius 1 is 1.23 bits per heavy atom. The first-order valence-electron chi connectivity index (χ1n) is 10.7. The van der Waals surface area contributed by atoms with Gasteiger partial charge in [-0.15, -0.1) is 11.3 Å². The van der Waals surface area contributed by atoms with Crippen molar-refractivity contribution in [2.45, 2.75) is 65.0 Å². The van der Waals surface area contributed by atoms with Crippen LogP contribution in [0.15, 0.2) is 29.6 Å². The van der Waals surface area contributed by atoms with E-state index in [0.29, 0.717) is 13.0 Å². The Bertz CT molecular complexity index is 848. The molecule has 2 atom stereocenters. The normalized spacial score (nSPS) is 18.8. The Morgan fingerprint density at radius 2 is 2.00 bits per heavy atom.